The summed E-state index contributed by atoms with van der Waals surface area (Å²) in [6, 6.07) is 9.97. The van der Waals surface area contributed by atoms with Gasteiger partial charge in [-0.05, 0) is 82.2 Å². The molecule has 0 spiro atoms. The molecule has 7 nitrogen and oxygen atoms in total. The lowest BCUT2D eigenvalue weighted by atomic mass is 9.91. The van der Waals surface area contributed by atoms with Crippen molar-refractivity contribution in [3.8, 4) is 16.9 Å². The first-order valence-corrected chi connectivity index (χ1v) is 13.3. The summed E-state index contributed by atoms with van der Waals surface area (Å²) in [5.74, 6) is 0.590. The van der Waals surface area contributed by atoms with Crippen molar-refractivity contribution in [1.82, 2.24) is 20.4 Å². The Morgan fingerprint density at radius 3 is 2.54 bits per heavy atom. The first-order valence-electron chi connectivity index (χ1n) is 13.3. The highest BCUT2D eigenvalue weighted by Gasteiger charge is 2.31. The van der Waals surface area contributed by atoms with Gasteiger partial charge in [-0.3, -0.25) is 4.79 Å². The van der Waals surface area contributed by atoms with Crippen LogP contribution >= 0.6 is 0 Å². The molecule has 2 heterocycles. The molecule has 2 aliphatic rings. The number of aromatic nitrogens is 2. The third-order valence-corrected chi connectivity index (χ3v) is 7.39. The largest absolute Gasteiger partial charge is 0.490 e. The summed E-state index contributed by atoms with van der Waals surface area (Å²) in [6.07, 6.45) is 10.5. The Kier molecular flexibility index (Phi) is 8.74. The predicted molar refractivity (Wildman–Crippen MR) is 138 cm³/mol. The van der Waals surface area contributed by atoms with Gasteiger partial charge in [-0.25, -0.2) is 0 Å². The second-order valence-electron chi connectivity index (χ2n) is 10.3. The van der Waals surface area contributed by atoms with E-state index < -0.39 is 5.60 Å². The van der Waals surface area contributed by atoms with Crippen molar-refractivity contribution in [2.75, 3.05) is 26.7 Å². The third-order valence-electron chi connectivity index (χ3n) is 7.39. The van der Waals surface area contributed by atoms with Gasteiger partial charge in [-0.1, -0.05) is 31.9 Å². The Balaban J connectivity index is 1.47. The molecule has 2 N–H and O–H groups in total. The molecule has 35 heavy (non-hydrogen) atoms. The van der Waals surface area contributed by atoms with E-state index in [-0.39, 0.29) is 18.1 Å². The standard InChI is InChI=1S/C28H40N4O3/c1-3-4-10-25-24(21-11-13-23(14-12-21)35-22-8-6-5-7-9-22)19-26(31-30-25)27(33)29-20-28(34)15-17-32(2)18-16-28/h11-14,19,22,34H,3-10,15-18,20H2,1-2H3,(H,29,33). The number of rotatable bonds is 9. The Bertz CT molecular complexity index is 965. The van der Waals surface area contributed by atoms with Gasteiger partial charge in [0.2, 0.25) is 0 Å². The predicted octanol–water partition coefficient (Wildman–Crippen LogP) is 4.38. The molecule has 1 aromatic carbocycles. The van der Waals surface area contributed by atoms with Crippen LogP contribution < -0.4 is 10.1 Å². The molecule has 0 unspecified atom stereocenters. The maximum atomic E-state index is 12.9. The van der Waals surface area contributed by atoms with Gasteiger partial charge in [0.25, 0.3) is 5.91 Å². The zero-order valence-corrected chi connectivity index (χ0v) is 21.3. The van der Waals surface area contributed by atoms with E-state index in [9.17, 15) is 9.90 Å². The van der Waals surface area contributed by atoms with Gasteiger partial charge in [0, 0.05) is 25.2 Å². The number of nitrogens with zero attached hydrogens (tertiary/aromatic N) is 3. The number of unbranched alkanes of at least 4 members (excludes halogenated alkanes) is 1. The summed E-state index contributed by atoms with van der Waals surface area (Å²) < 4.78 is 6.19. The van der Waals surface area contributed by atoms with Crippen LogP contribution in [0.15, 0.2) is 30.3 Å². The fourth-order valence-corrected chi connectivity index (χ4v) is 4.94. The minimum absolute atomic E-state index is 0.224. The fraction of sp³-hybridized carbons (Fsp3) is 0.607. The van der Waals surface area contributed by atoms with Gasteiger partial charge in [0.15, 0.2) is 5.69 Å². The van der Waals surface area contributed by atoms with E-state index in [2.05, 4.69) is 27.3 Å². The molecule has 1 saturated heterocycles. The van der Waals surface area contributed by atoms with E-state index in [4.69, 9.17) is 4.74 Å². The Hall–Kier alpha value is -2.51. The summed E-state index contributed by atoms with van der Waals surface area (Å²) in [7, 11) is 2.05. The second-order valence-corrected chi connectivity index (χ2v) is 10.3. The molecule has 0 radical (unpaired) electrons. The molecule has 7 heteroatoms. The lowest BCUT2D eigenvalue weighted by Gasteiger charge is -2.36. The number of carbonyl (C=O) groups is 1. The quantitative estimate of drug-likeness (QED) is 0.554. The van der Waals surface area contributed by atoms with Gasteiger partial charge in [-0.15, -0.1) is 5.10 Å². The number of ether oxygens (including phenoxy) is 1. The second kappa shape index (κ2) is 12.0. The molecule has 1 aliphatic carbocycles. The van der Waals surface area contributed by atoms with E-state index in [1.165, 1.54) is 19.3 Å². The van der Waals surface area contributed by atoms with Gasteiger partial charge in [0.1, 0.15) is 5.75 Å². The molecule has 190 valence electrons. The highest BCUT2D eigenvalue weighted by molar-refractivity contribution is 5.93. The van der Waals surface area contributed by atoms with Crippen LogP contribution in [-0.2, 0) is 6.42 Å². The molecule has 4 rings (SSSR count). The molecule has 1 amide bonds. The highest BCUT2D eigenvalue weighted by Crippen LogP contribution is 2.29. The van der Waals surface area contributed by atoms with Crippen molar-refractivity contribution in [2.45, 2.75) is 82.8 Å². The molecule has 1 aromatic heterocycles. The zero-order valence-electron chi connectivity index (χ0n) is 21.3. The van der Waals surface area contributed by atoms with E-state index in [1.54, 1.807) is 0 Å². The Morgan fingerprint density at radius 2 is 1.86 bits per heavy atom. The maximum Gasteiger partial charge on any atom is 0.271 e. The smallest absolute Gasteiger partial charge is 0.271 e. The molecule has 0 atom stereocenters. The van der Waals surface area contributed by atoms with Crippen LogP contribution in [0.5, 0.6) is 5.75 Å². The van der Waals surface area contributed by atoms with Gasteiger partial charge < -0.3 is 20.1 Å². The topological polar surface area (TPSA) is 87.6 Å². The van der Waals surface area contributed by atoms with Crippen LogP contribution in [-0.4, -0.2) is 64.5 Å². The number of nitrogens with one attached hydrogen (secondary N) is 1. The Morgan fingerprint density at radius 1 is 1.14 bits per heavy atom. The summed E-state index contributed by atoms with van der Waals surface area (Å²) >= 11 is 0. The lowest BCUT2D eigenvalue weighted by Crippen LogP contribution is -2.50. The molecule has 2 aromatic rings. The fourth-order valence-electron chi connectivity index (χ4n) is 4.94. The summed E-state index contributed by atoms with van der Waals surface area (Å²) in [5.41, 5.74) is 2.25. The first-order chi connectivity index (χ1) is 17.0. The minimum Gasteiger partial charge on any atom is -0.490 e. The number of hydrogen-bond acceptors (Lipinski definition) is 6. The van der Waals surface area contributed by atoms with Crippen molar-refractivity contribution in [3.63, 3.8) is 0 Å². The van der Waals surface area contributed by atoms with E-state index in [0.717, 1.165) is 67.8 Å². The van der Waals surface area contributed by atoms with Crippen LogP contribution in [0, 0.1) is 0 Å². The summed E-state index contributed by atoms with van der Waals surface area (Å²) in [4.78, 5) is 15.1. The SMILES string of the molecule is CCCCc1nnc(C(=O)NCC2(O)CCN(C)CC2)cc1-c1ccc(OC2CCCCC2)cc1. The van der Waals surface area contributed by atoms with Crippen LogP contribution in [0.1, 0.15) is 80.9 Å². The average Bonchev–Trinajstić information content (AvgIpc) is 2.89. The van der Waals surface area contributed by atoms with Crippen molar-refractivity contribution in [1.29, 1.82) is 0 Å². The molecule has 1 aliphatic heterocycles. The number of carbonyl (C=O) groups excluding carboxylic acids is 1. The molecule has 1 saturated carbocycles. The molecular weight excluding hydrogens is 440 g/mol. The zero-order chi connectivity index (χ0) is 24.7. The number of likely N-dealkylation sites (tertiary alicyclic amines) is 1. The number of aliphatic hydroxyl groups is 1. The molecule has 0 bridgehead atoms. The van der Waals surface area contributed by atoms with E-state index in [1.807, 2.05) is 37.4 Å². The normalized spacial score (nSPS) is 18.8. The number of aryl methyl sites for hydroxylation is 1. The number of hydrogen-bond donors (Lipinski definition) is 2. The summed E-state index contributed by atoms with van der Waals surface area (Å²) in [6.45, 7) is 4.02. The molecule has 2 fully saturated rings. The summed E-state index contributed by atoms with van der Waals surface area (Å²) in [5, 5.41) is 22.4. The minimum atomic E-state index is -0.867. The van der Waals surface area contributed by atoms with Crippen LogP contribution in [0.25, 0.3) is 11.1 Å². The van der Waals surface area contributed by atoms with Crippen LogP contribution in [0.4, 0.5) is 0 Å². The van der Waals surface area contributed by atoms with Crippen LogP contribution in [0.2, 0.25) is 0 Å². The van der Waals surface area contributed by atoms with Gasteiger partial charge >= 0.3 is 0 Å². The highest BCUT2D eigenvalue weighted by atomic mass is 16.5. The Labute approximate surface area is 209 Å². The number of piperidine rings is 1. The van der Waals surface area contributed by atoms with Crippen molar-refractivity contribution >= 4 is 5.91 Å². The maximum absolute atomic E-state index is 12.9. The van der Waals surface area contributed by atoms with Gasteiger partial charge in [-0.2, -0.15) is 5.10 Å². The number of amides is 1. The van der Waals surface area contributed by atoms with Crippen LogP contribution in [0.3, 0.4) is 0 Å². The number of benzene rings is 1. The third kappa shape index (κ3) is 7.01. The average molecular weight is 481 g/mol. The lowest BCUT2D eigenvalue weighted by molar-refractivity contribution is -0.0135. The van der Waals surface area contributed by atoms with Crippen molar-refractivity contribution in [3.05, 3.63) is 41.7 Å². The monoisotopic (exact) mass is 480 g/mol. The van der Waals surface area contributed by atoms with E-state index >= 15 is 0 Å². The van der Waals surface area contributed by atoms with E-state index in [0.29, 0.717) is 18.9 Å². The first kappa shape index (κ1) is 25.6. The van der Waals surface area contributed by atoms with Crippen molar-refractivity contribution < 1.29 is 14.6 Å². The van der Waals surface area contributed by atoms with Gasteiger partial charge in [0.05, 0.1) is 17.4 Å². The van der Waals surface area contributed by atoms with Crippen molar-refractivity contribution in [2.24, 2.45) is 0 Å². The molecular formula is C28H40N4O3.